The van der Waals surface area contributed by atoms with Gasteiger partial charge in [0, 0.05) is 6.20 Å². The summed E-state index contributed by atoms with van der Waals surface area (Å²) >= 11 is 4.72. The minimum atomic E-state index is -1.07. The Morgan fingerprint density at radius 2 is 2.32 bits per heavy atom. The van der Waals surface area contributed by atoms with Crippen molar-refractivity contribution < 1.29 is 9.90 Å². The maximum Gasteiger partial charge on any atom is 0.252 e. The Kier molecular flexibility index (Phi) is 4.34. The molecular weight excluding hydrogens is 328 g/mol. The zero-order valence-corrected chi connectivity index (χ0v) is 12.7. The monoisotopic (exact) mass is 340 g/mol. The molecule has 1 atom stereocenters. The molecule has 2 N–H and O–H groups in total. The highest BCUT2D eigenvalue weighted by Gasteiger charge is 2.24. The smallest absolute Gasteiger partial charge is 0.252 e. The van der Waals surface area contributed by atoms with Crippen molar-refractivity contribution >= 4 is 33.2 Å². The van der Waals surface area contributed by atoms with E-state index in [2.05, 4.69) is 26.2 Å². The van der Waals surface area contributed by atoms with Crippen molar-refractivity contribution in [2.75, 3.05) is 6.54 Å². The van der Waals surface area contributed by atoms with Crippen molar-refractivity contribution in [2.45, 2.75) is 12.5 Å². The fourth-order valence-electron chi connectivity index (χ4n) is 1.54. The van der Waals surface area contributed by atoms with Crippen molar-refractivity contribution in [1.82, 2.24) is 10.3 Å². The van der Waals surface area contributed by atoms with Crippen molar-refractivity contribution in [2.24, 2.45) is 0 Å². The third-order valence-corrected chi connectivity index (χ3v) is 3.88. The van der Waals surface area contributed by atoms with Crippen LogP contribution in [0.5, 0.6) is 0 Å². The summed E-state index contributed by atoms with van der Waals surface area (Å²) in [6.07, 6.45) is 1.48. The van der Waals surface area contributed by atoms with Gasteiger partial charge in [-0.15, -0.1) is 0 Å². The number of thiophene rings is 1. The van der Waals surface area contributed by atoms with Crippen LogP contribution in [-0.2, 0) is 5.60 Å². The molecule has 2 rings (SSSR count). The number of pyridine rings is 1. The first-order valence-electron chi connectivity index (χ1n) is 5.64. The SMILES string of the molecule is CC(O)(CNC(=O)c1ccc(Br)nc1)c1ccsc1. The molecule has 100 valence electrons. The van der Waals surface area contributed by atoms with Crippen molar-refractivity contribution in [3.05, 3.63) is 50.9 Å². The Labute approximate surface area is 123 Å². The van der Waals surface area contributed by atoms with Gasteiger partial charge < -0.3 is 10.4 Å². The normalized spacial score (nSPS) is 13.8. The number of aliphatic hydroxyl groups is 1. The topological polar surface area (TPSA) is 62.2 Å². The predicted octanol–water partition coefficient (Wildman–Crippen LogP) is 2.54. The molecule has 0 spiro atoms. The number of nitrogens with one attached hydrogen (secondary N) is 1. The number of carbonyl (C=O) groups excluding carboxylic acids is 1. The highest BCUT2D eigenvalue weighted by atomic mass is 79.9. The van der Waals surface area contributed by atoms with Gasteiger partial charge in [0.15, 0.2) is 0 Å². The Bertz CT molecular complexity index is 553. The lowest BCUT2D eigenvalue weighted by Gasteiger charge is -2.22. The average molecular weight is 341 g/mol. The zero-order chi connectivity index (χ0) is 13.9. The van der Waals surface area contributed by atoms with Crippen molar-refractivity contribution in [1.29, 1.82) is 0 Å². The molecule has 0 aliphatic rings. The fraction of sp³-hybridized carbons (Fsp3) is 0.231. The van der Waals surface area contributed by atoms with Crippen LogP contribution in [0.2, 0.25) is 0 Å². The van der Waals surface area contributed by atoms with E-state index in [1.807, 2.05) is 16.8 Å². The van der Waals surface area contributed by atoms with Crippen LogP contribution in [0.15, 0.2) is 39.8 Å². The summed E-state index contributed by atoms with van der Waals surface area (Å²) in [4.78, 5) is 15.9. The Morgan fingerprint density at radius 1 is 1.53 bits per heavy atom. The maximum atomic E-state index is 11.9. The molecule has 0 aromatic carbocycles. The first kappa shape index (κ1) is 14.2. The number of halogens is 1. The largest absolute Gasteiger partial charge is 0.384 e. The minimum absolute atomic E-state index is 0.151. The van der Waals surface area contributed by atoms with E-state index >= 15 is 0 Å². The van der Waals surface area contributed by atoms with E-state index in [1.165, 1.54) is 17.5 Å². The second kappa shape index (κ2) is 5.81. The summed E-state index contributed by atoms with van der Waals surface area (Å²) in [6, 6.07) is 5.22. The number of carbonyl (C=O) groups is 1. The standard InChI is InChI=1S/C13H13BrN2O2S/c1-13(18,10-4-5-19-7-10)8-16-12(17)9-2-3-11(14)15-6-9/h2-7,18H,8H2,1H3,(H,16,17). The summed E-state index contributed by atoms with van der Waals surface area (Å²) in [5.41, 5.74) is 0.189. The molecule has 0 saturated carbocycles. The van der Waals surface area contributed by atoms with Crippen LogP contribution < -0.4 is 5.32 Å². The van der Waals surface area contributed by atoms with Gasteiger partial charge >= 0.3 is 0 Å². The van der Waals surface area contributed by atoms with Crippen LogP contribution in [0.25, 0.3) is 0 Å². The number of nitrogens with zero attached hydrogens (tertiary/aromatic N) is 1. The van der Waals surface area contributed by atoms with Crippen molar-refractivity contribution in [3.63, 3.8) is 0 Å². The Hall–Kier alpha value is -1.24. The second-order valence-corrected chi connectivity index (χ2v) is 5.93. The lowest BCUT2D eigenvalue weighted by Crippen LogP contribution is -2.38. The van der Waals surface area contributed by atoms with Gasteiger partial charge in [0.25, 0.3) is 5.91 Å². The van der Waals surface area contributed by atoms with Gasteiger partial charge in [0.1, 0.15) is 10.2 Å². The quantitative estimate of drug-likeness (QED) is 0.840. The molecule has 0 aliphatic heterocycles. The van der Waals surface area contributed by atoms with Crippen LogP contribution in [0.3, 0.4) is 0 Å². The number of hydrogen-bond acceptors (Lipinski definition) is 4. The summed E-state index contributed by atoms with van der Waals surface area (Å²) in [5, 5.41) is 16.8. The third kappa shape index (κ3) is 3.62. The summed E-state index contributed by atoms with van der Waals surface area (Å²) in [6.45, 7) is 1.83. The number of aromatic nitrogens is 1. The molecular formula is C13H13BrN2O2S. The Balaban J connectivity index is 1.99. The molecule has 4 nitrogen and oxygen atoms in total. The summed E-state index contributed by atoms with van der Waals surface area (Å²) in [5.74, 6) is -0.254. The van der Waals surface area contributed by atoms with Gasteiger partial charge in [-0.1, -0.05) is 0 Å². The lowest BCUT2D eigenvalue weighted by molar-refractivity contribution is 0.0530. The minimum Gasteiger partial charge on any atom is -0.384 e. The third-order valence-electron chi connectivity index (χ3n) is 2.73. The van der Waals surface area contributed by atoms with E-state index in [0.717, 1.165) is 5.56 Å². The predicted molar refractivity (Wildman–Crippen MR) is 78.2 cm³/mol. The first-order chi connectivity index (χ1) is 8.99. The number of amides is 1. The summed E-state index contributed by atoms with van der Waals surface area (Å²) in [7, 11) is 0. The van der Waals surface area contributed by atoms with E-state index in [4.69, 9.17) is 0 Å². The van der Waals surface area contributed by atoms with Gasteiger partial charge in [-0.3, -0.25) is 4.79 Å². The molecule has 2 aromatic heterocycles. The molecule has 1 amide bonds. The molecule has 2 heterocycles. The highest BCUT2D eigenvalue weighted by Crippen LogP contribution is 2.22. The lowest BCUT2D eigenvalue weighted by atomic mass is 9.99. The van der Waals surface area contributed by atoms with Gasteiger partial charge in [0.2, 0.25) is 0 Å². The van der Waals surface area contributed by atoms with Crippen LogP contribution in [-0.4, -0.2) is 22.5 Å². The van der Waals surface area contributed by atoms with Crippen molar-refractivity contribution in [3.8, 4) is 0 Å². The zero-order valence-electron chi connectivity index (χ0n) is 10.3. The first-order valence-corrected chi connectivity index (χ1v) is 7.37. The van der Waals surface area contributed by atoms with E-state index in [-0.39, 0.29) is 12.5 Å². The van der Waals surface area contributed by atoms with Gasteiger partial charge in [-0.05, 0) is 57.4 Å². The molecule has 19 heavy (non-hydrogen) atoms. The fourth-order valence-corrected chi connectivity index (χ4v) is 2.55. The number of rotatable bonds is 4. The van der Waals surface area contributed by atoms with E-state index in [9.17, 15) is 9.90 Å². The second-order valence-electron chi connectivity index (χ2n) is 4.34. The Morgan fingerprint density at radius 3 is 2.89 bits per heavy atom. The van der Waals surface area contributed by atoms with E-state index in [1.54, 1.807) is 19.1 Å². The van der Waals surface area contributed by atoms with Gasteiger partial charge in [-0.2, -0.15) is 11.3 Å². The van der Waals surface area contributed by atoms with Crippen LogP contribution in [0, 0.1) is 0 Å². The molecule has 0 bridgehead atoms. The van der Waals surface area contributed by atoms with Crippen LogP contribution in [0.4, 0.5) is 0 Å². The van der Waals surface area contributed by atoms with Gasteiger partial charge in [-0.25, -0.2) is 4.98 Å². The van der Waals surface area contributed by atoms with E-state index in [0.29, 0.717) is 10.2 Å². The van der Waals surface area contributed by atoms with Gasteiger partial charge in [0.05, 0.1) is 12.1 Å². The summed E-state index contributed by atoms with van der Waals surface area (Å²) < 4.78 is 0.675. The molecule has 0 fully saturated rings. The molecule has 6 heteroatoms. The number of hydrogen-bond donors (Lipinski definition) is 2. The maximum absolute atomic E-state index is 11.9. The molecule has 0 aliphatic carbocycles. The molecule has 0 saturated heterocycles. The highest BCUT2D eigenvalue weighted by molar-refractivity contribution is 9.10. The van der Waals surface area contributed by atoms with Crippen LogP contribution in [0.1, 0.15) is 22.8 Å². The van der Waals surface area contributed by atoms with E-state index < -0.39 is 5.60 Å². The molecule has 0 radical (unpaired) electrons. The van der Waals surface area contributed by atoms with Crippen LogP contribution >= 0.6 is 27.3 Å². The molecule has 1 unspecified atom stereocenters. The average Bonchev–Trinajstić information content (AvgIpc) is 2.91. The molecule has 2 aromatic rings.